The van der Waals surface area contributed by atoms with Crippen LogP contribution < -0.4 is 14.4 Å². The topological polar surface area (TPSA) is 78.0 Å². The van der Waals surface area contributed by atoms with E-state index >= 15 is 0 Å². The molecule has 0 saturated heterocycles. The van der Waals surface area contributed by atoms with E-state index in [1.165, 1.54) is 18.3 Å². The largest absolute Gasteiger partial charge is 0.497 e. The zero-order valence-electron chi connectivity index (χ0n) is 19.3. The number of methoxy groups -OCH3 is 1. The molecule has 1 aromatic heterocycles. The lowest BCUT2D eigenvalue weighted by atomic mass is 10.1. The number of esters is 1. The van der Waals surface area contributed by atoms with E-state index in [1.807, 2.05) is 56.3 Å². The number of rotatable bonds is 10. The highest BCUT2D eigenvalue weighted by Gasteiger charge is 2.20. The Morgan fingerprint density at radius 2 is 1.79 bits per heavy atom. The first-order chi connectivity index (χ1) is 15.9. The summed E-state index contributed by atoms with van der Waals surface area (Å²) in [4.78, 5) is 30.5. The highest BCUT2D eigenvalue weighted by molar-refractivity contribution is 7.14. The van der Waals surface area contributed by atoms with Gasteiger partial charge in [-0.2, -0.15) is 0 Å². The minimum atomic E-state index is -0.319. The van der Waals surface area contributed by atoms with Gasteiger partial charge in [0.15, 0.2) is 5.13 Å². The Balaban J connectivity index is 1.48. The van der Waals surface area contributed by atoms with Crippen molar-refractivity contribution in [2.24, 2.45) is 0 Å². The van der Waals surface area contributed by atoms with Gasteiger partial charge in [-0.1, -0.05) is 12.1 Å². The Labute approximate surface area is 197 Å². The SMILES string of the molecule is COc1ccc(OCCCC(=O)OCc2csc(N(C(C)=O)c3cccc(C)c3C)n2)cc1. The molecule has 174 valence electrons. The van der Waals surface area contributed by atoms with Crippen molar-refractivity contribution in [1.29, 1.82) is 0 Å². The Morgan fingerprint density at radius 3 is 2.48 bits per heavy atom. The molecule has 3 aromatic rings. The van der Waals surface area contributed by atoms with Crippen molar-refractivity contribution in [2.45, 2.75) is 40.2 Å². The van der Waals surface area contributed by atoms with Crippen molar-refractivity contribution in [3.63, 3.8) is 0 Å². The van der Waals surface area contributed by atoms with Gasteiger partial charge < -0.3 is 14.2 Å². The van der Waals surface area contributed by atoms with Crippen LogP contribution in [0, 0.1) is 13.8 Å². The van der Waals surface area contributed by atoms with E-state index in [1.54, 1.807) is 17.4 Å². The lowest BCUT2D eigenvalue weighted by Gasteiger charge is -2.21. The van der Waals surface area contributed by atoms with Gasteiger partial charge >= 0.3 is 5.97 Å². The van der Waals surface area contributed by atoms with Crippen molar-refractivity contribution in [1.82, 2.24) is 4.98 Å². The predicted octanol–water partition coefficient (Wildman–Crippen LogP) is 5.36. The normalized spacial score (nSPS) is 10.5. The van der Waals surface area contributed by atoms with Crippen molar-refractivity contribution in [3.8, 4) is 11.5 Å². The second kappa shape index (κ2) is 11.5. The van der Waals surface area contributed by atoms with Gasteiger partial charge in [-0.15, -0.1) is 11.3 Å². The molecule has 1 heterocycles. The molecule has 0 aliphatic rings. The summed E-state index contributed by atoms with van der Waals surface area (Å²) in [6.07, 6.45) is 0.785. The number of thiazole rings is 1. The molecule has 0 spiro atoms. The Hall–Kier alpha value is -3.39. The summed E-state index contributed by atoms with van der Waals surface area (Å²) in [6, 6.07) is 13.1. The molecule has 3 rings (SSSR count). The molecule has 33 heavy (non-hydrogen) atoms. The minimum Gasteiger partial charge on any atom is -0.497 e. The maximum atomic E-state index is 12.4. The van der Waals surface area contributed by atoms with Gasteiger partial charge in [0, 0.05) is 18.7 Å². The highest BCUT2D eigenvalue weighted by atomic mass is 32.1. The fraction of sp³-hybridized carbons (Fsp3) is 0.320. The molecule has 0 aliphatic carbocycles. The first-order valence-corrected chi connectivity index (χ1v) is 11.5. The summed E-state index contributed by atoms with van der Waals surface area (Å²) in [5.41, 5.74) is 3.53. The molecule has 0 aliphatic heterocycles. The summed E-state index contributed by atoms with van der Waals surface area (Å²) in [5, 5.41) is 2.35. The molecule has 0 unspecified atom stereocenters. The van der Waals surface area contributed by atoms with Gasteiger partial charge in [-0.05, 0) is 61.7 Å². The van der Waals surface area contributed by atoms with Gasteiger partial charge in [0.1, 0.15) is 18.1 Å². The molecule has 0 atom stereocenters. The van der Waals surface area contributed by atoms with Gasteiger partial charge in [-0.3, -0.25) is 14.5 Å². The molecule has 0 radical (unpaired) electrons. The zero-order chi connectivity index (χ0) is 23.8. The Morgan fingerprint density at radius 1 is 1.06 bits per heavy atom. The summed E-state index contributed by atoms with van der Waals surface area (Å²) < 4.78 is 16.1. The maximum Gasteiger partial charge on any atom is 0.306 e. The van der Waals surface area contributed by atoms with Crippen LogP contribution in [-0.2, 0) is 20.9 Å². The molecule has 0 fully saturated rings. The van der Waals surface area contributed by atoms with E-state index in [2.05, 4.69) is 4.98 Å². The zero-order valence-corrected chi connectivity index (χ0v) is 20.1. The van der Waals surface area contributed by atoms with Crippen molar-refractivity contribution >= 4 is 34.0 Å². The Kier molecular flexibility index (Phi) is 8.43. The fourth-order valence-corrected chi connectivity index (χ4v) is 4.02. The number of carbonyl (C=O) groups excluding carboxylic acids is 2. The van der Waals surface area contributed by atoms with Crippen molar-refractivity contribution in [2.75, 3.05) is 18.6 Å². The first kappa shape index (κ1) is 24.3. The number of anilines is 2. The second-order valence-corrected chi connectivity index (χ2v) is 8.32. The maximum absolute atomic E-state index is 12.4. The van der Waals surface area contributed by atoms with E-state index in [0.29, 0.717) is 23.9 Å². The number of hydrogen-bond donors (Lipinski definition) is 0. The number of benzene rings is 2. The van der Waals surface area contributed by atoms with Gasteiger partial charge in [0.2, 0.25) is 5.91 Å². The molecule has 0 saturated carbocycles. The first-order valence-electron chi connectivity index (χ1n) is 10.6. The number of nitrogens with zero attached hydrogens (tertiary/aromatic N) is 2. The summed E-state index contributed by atoms with van der Waals surface area (Å²) in [6.45, 7) is 5.97. The van der Waals surface area contributed by atoms with Crippen molar-refractivity contribution < 1.29 is 23.8 Å². The molecule has 0 N–H and O–H groups in total. The van der Waals surface area contributed by atoms with Crippen LogP contribution >= 0.6 is 11.3 Å². The standard InChI is InChI=1S/C25H28N2O5S/c1-17-7-5-8-23(18(17)2)27(19(3)28)25-26-20(16-33-25)15-32-24(29)9-6-14-31-22-12-10-21(30-4)11-13-22/h5,7-8,10-13,16H,6,9,14-15H2,1-4H3. The van der Waals surface area contributed by atoms with Gasteiger partial charge in [0.25, 0.3) is 0 Å². The Bertz CT molecular complexity index is 1090. The van der Waals surface area contributed by atoms with Crippen LogP contribution in [0.5, 0.6) is 11.5 Å². The molecular weight excluding hydrogens is 440 g/mol. The second-order valence-electron chi connectivity index (χ2n) is 7.48. The van der Waals surface area contributed by atoms with E-state index in [0.717, 1.165) is 28.3 Å². The number of carbonyl (C=O) groups is 2. The quantitative estimate of drug-likeness (QED) is 0.295. The van der Waals surface area contributed by atoms with Crippen molar-refractivity contribution in [3.05, 3.63) is 64.7 Å². The molecule has 0 bridgehead atoms. The van der Waals surface area contributed by atoms with E-state index < -0.39 is 0 Å². The monoisotopic (exact) mass is 468 g/mol. The number of amides is 1. The number of aryl methyl sites for hydroxylation is 1. The van der Waals surface area contributed by atoms with Crippen LogP contribution in [0.1, 0.15) is 36.6 Å². The summed E-state index contributed by atoms with van der Waals surface area (Å²) in [7, 11) is 1.61. The molecule has 7 nitrogen and oxygen atoms in total. The van der Waals surface area contributed by atoms with Crippen LogP contribution in [0.2, 0.25) is 0 Å². The summed E-state index contributed by atoms with van der Waals surface area (Å²) >= 11 is 1.34. The number of ether oxygens (including phenoxy) is 3. The predicted molar refractivity (Wildman–Crippen MR) is 128 cm³/mol. The lowest BCUT2D eigenvalue weighted by molar-refractivity contribution is -0.145. The van der Waals surface area contributed by atoms with Gasteiger partial charge in [0.05, 0.1) is 25.1 Å². The van der Waals surface area contributed by atoms with Gasteiger partial charge in [-0.25, -0.2) is 4.98 Å². The van der Waals surface area contributed by atoms with Crippen LogP contribution in [0.4, 0.5) is 10.8 Å². The van der Waals surface area contributed by atoms with Crippen LogP contribution in [0.25, 0.3) is 0 Å². The highest BCUT2D eigenvalue weighted by Crippen LogP contribution is 2.32. The van der Waals surface area contributed by atoms with Crippen LogP contribution in [0.15, 0.2) is 47.8 Å². The third kappa shape index (κ3) is 6.55. The van der Waals surface area contributed by atoms with E-state index in [4.69, 9.17) is 14.2 Å². The molecule has 1 amide bonds. The minimum absolute atomic E-state index is 0.0627. The third-order valence-electron chi connectivity index (χ3n) is 5.10. The fourth-order valence-electron chi connectivity index (χ4n) is 3.16. The number of aromatic nitrogens is 1. The third-order valence-corrected chi connectivity index (χ3v) is 5.97. The van der Waals surface area contributed by atoms with Crippen LogP contribution in [0.3, 0.4) is 0 Å². The summed E-state index contributed by atoms with van der Waals surface area (Å²) in [5.74, 6) is 1.04. The van der Waals surface area contributed by atoms with Crippen LogP contribution in [-0.4, -0.2) is 30.6 Å². The lowest BCUT2D eigenvalue weighted by Crippen LogP contribution is -2.23. The van der Waals surface area contributed by atoms with E-state index in [-0.39, 0.29) is 24.9 Å². The van der Waals surface area contributed by atoms with E-state index in [9.17, 15) is 9.59 Å². The molecular formula is C25H28N2O5S. The molecule has 2 aromatic carbocycles. The number of hydrogen-bond acceptors (Lipinski definition) is 7. The average Bonchev–Trinajstić information content (AvgIpc) is 3.27. The molecule has 8 heteroatoms. The smallest absolute Gasteiger partial charge is 0.306 e. The average molecular weight is 469 g/mol.